The highest BCUT2D eigenvalue weighted by molar-refractivity contribution is 5.86. The van der Waals surface area contributed by atoms with Crippen LogP contribution in [0.5, 0.6) is 0 Å². The van der Waals surface area contributed by atoms with E-state index in [1.165, 1.54) is 0 Å². The van der Waals surface area contributed by atoms with Crippen LogP contribution < -0.4 is 11.1 Å². The van der Waals surface area contributed by atoms with Crippen LogP contribution in [0.2, 0.25) is 0 Å². The van der Waals surface area contributed by atoms with Gasteiger partial charge in [-0.15, -0.1) is 0 Å². The molecule has 0 aromatic rings. The second kappa shape index (κ2) is 4.18. The van der Waals surface area contributed by atoms with Crippen LogP contribution in [-0.4, -0.2) is 25.5 Å². The second-order valence-corrected chi connectivity index (χ2v) is 2.54. The lowest BCUT2D eigenvalue weighted by atomic mass is 10.1. The number of oxime groups is 1. The zero-order chi connectivity index (χ0) is 8.10. The van der Waals surface area contributed by atoms with Gasteiger partial charge in [0.2, 0.25) is 0 Å². The normalized spacial score (nSPS) is 27.1. The molecule has 64 valence electrons. The van der Waals surface area contributed by atoms with Crippen molar-refractivity contribution in [3.8, 4) is 0 Å². The molecule has 0 amide bonds. The van der Waals surface area contributed by atoms with Gasteiger partial charge in [0.1, 0.15) is 12.4 Å². The maximum atomic E-state index is 5.52. The number of nitrogens with two attached hydrogens (primary N) is 1. The van der Waals surface area contributed by atoms with Crippen LogP contribution >= 0.6 is 0 Å². The van der Waals surface area contributed by atoms with E-state index in [1.54, 1.807) is 0 Å². The minimum Gasteiger partial charge on any atom is -0.395 e. The number of nitrogens with one attached hydrogen (secondary N) is 1. The molecule has 0 aliphatic carbocycles. The first-order valence-corrected chi connectivity index (χ1v) is 4.02. The molecule has 1 aliphatic rings. The fourth-order valence-corrected chi connectivity index (χ4v) is 1.13. The van der Waals surface area contributed by atoms with Gasteiger partial charge in [-0.25, -0.2) is 0 Å². The highest BCUT2D eigenvalue weighted by Crippen LogP contribution is 2.08. The molecular formula is C7H15N3O. The summed E-state index contributed by atoms with van der Waals surface area (Å²) in [4.78, 5) is 4.92. The highest BCUT2D eigenvalue weighted by Gasteiger charge is 2.20. The monoisotopic (exact) mass is 157 g/mol. The van der Waals surface area contributed by atoms with Crippen molar-refractivity contribution in [1.29, 1.82) is 0 Å². The van der Waals surface area contributed by atoms with Gasteiger partial charge in [-0.05, 0) is 13.3 Å². The molecule has 1 rings (SSSR count). The summed E-state index contributed by atoms with van der Waals surface area (Å²) in [7, 11) is 0. The first-order chi connectivity index (χ1) is 5.38. The molecule has 4 nitrogen and oxygen atoms in total. The van der Waals surface area contributed by atoms with Gasteiger partial charge in [0.05, 0.1) is 0 Å². The topological polar surface area (TPSA) is 59.6 Å². The van der Waals surface area contributed by atoms with E-state index in [2.05, 4.69) is 10.5 Å². The molecule has 0 bridgehead atoms. The Labute approximate surface area is 66.8 Å². The van der Waals surface area contributed by atoms with E-state index >= 15 is 0 Å². The van der Waals surface area contributed by atoms with Crippen molar-refractivity contribution < 1.29 is 4.84 Å². The Kier molecular flexibility index (Phi) is 3.16. The molecule has 1 aliphatic heterocycles. The van der Waals surface area contributed by atoms with Crippen molar-refractivity contribution in [3.05, 3.63) is 0 Å². The van der Waals surface area contributed by atoms with Crippen LogP contribution in [0.15, 0.2) is 5.16 Å². The Balaban J connectivity index is 2.42. The van der Waals surface area contributed by atoms with Gasteiger partial charge in [0, 0.05) is 19.0 Å². The van der Waals surface area contributed by atoms with Crippen LogP contribution in [0.4, 0.5) is 0 Å². The summed E-state index contributed by atoms with van der Waals surface area (Å²) in [5, 5.41) is 7.06. The molecule has 0 saturated carbocycles. The number of amidine groups is 1. The predicted molar refractivity (Wildman–Crippen MR) is 44.2 cm³/mol. The Morgan fingerprint density at radius 2 is 2.64 bits per heavy atom. The fourth-order valence-electron chi connectivity index (χ4n) is 1.13. The van der Waals surface area contributed by atoms with Crippen molar-refractivity contribution in [2.24, 2.45) is 16.8 Å². The molecule has 11 heavy (non-hydrogen) atoms. The number of rotatable bonds is 3. The molecule has 1 heterocycles. The van der Waals surface area contributed by atoms with Crippen molar-refractivity contribution in [2.75, 3.05) is 19.7 Å². The van der Waals surface area contributed by atoms with Crippen LogP contribution in [0, 0.1) is 5.92 Å². The molecule has 1 unspecified atom stereocenters. The summed E-state index contributed by atoms with van der Waals surface area (Å²) >= 11 is 0. The third-order valence-electron chi connectivity index (χ3n) is 1.76. The van der Waals surface area contributed by atoms with Crippen molar-refractivity contribution in [3.63, 3.8) is 0 Å². The van der Waals surface area contributed by atoms with E-state index < -0.39 is 0 Å². The average Bonchev–Trinajstić information content (AvgIpc) is 2.47. The van der Waals surface area contributed by atoms with Crippen LogP contribution in [0.1, 0.15) is 13.3 Å². The number of nitrogens with zero attached hydrogens (tertiary/aromatic N) is 1. The van der Waals surface area contributed by atoms with Gasteiger partial charge in [-0.3, -0.25) is 0 Å². The molecule has 0 aromatic heterocycles. The summed E-state index contributed by atoms with van der Waals surface area (Å²) < 4.78 is 0. The van der Waals surface area contributed by atoms with Gasteiger partial charge in [0.25, 0.3) is 0 Å². The molecule has 1 fully saturated rings. The lowest BCUT2D eigenvalue weighted by Crippen LogP contribution is -2.25. The third kappa shape index (κ3) is 2.08. The first kappa shape index (κ1) is 8.33. The number of hydrogen-bond acceptors (Lipinski definition) is 3. The first-order valence-electron chi connectivity index (χ1n) is 4.02. The van der Waals surface area contributed by atoms with Gasteiger partial charge in [-0.2, -0.15) is 0 Å². The molecule has 1 atom stereocenters. The Hall–Kier alpha value is -0.770. The maximum Gasteiger partial charge on any atom is 0.146 e. The quantitative estimate of drug-likeness (QED) is 0.563. The fraction of sp³-hybridized carbons (Fsp3) is 0.857. The van der Waals surface area contributed by atoms with Crippen LogP contribution in [-0.2, 0) is 4.84 Å². The molecule has 4 heteroatoms. The SMILES string of the molecule is CCON=C1NCCC1CN. The highest BCUT2D eigenvalue weighted by atomic mass is 16.6. The smallest absolute Gasteiger partial charge is 0.146 e. The minimum absolute atomic E-state index is 0.376. The van der Waals surface area contributed by atoms with Gasteiger partial charge < -0.3 is 15.9 Å². The predicted octanol–water partition coefficient (Wildman–Crippen LogP) is -0.0954. The summed E-state index contributed by atoms with van der Waals surface area (Å²) in [6.07, 6.45) is 1.07. The average molecular weight is 157 g/mol. The third-order valence-corrected chi connectivity index (χ3v) is 1.76. The van der Waals surface area contributed by atoms with Crippen molar-refractivity contribution in [1.82, 2.24) is 5.32 Å². The minimum atomic E-state index is 0.376. The Morgan fingerprint density at radius 1 is 1.82 bits per heavy atom. The van der Waals surface area contributed by atoms with E-state index in [0.29, 0.717) is 19.1 Å². The van der Waals surface area contributed by atoms with Crippen LogP contribution in [0.25, 0.3) is 0 Å². The second-order valence-electron chi connectivity index (χ2n) is 2.54. The van der Waals surface area contributed by atoms with Gasteiger partial charge in [0.15, 0.2) is 0 Å². The zero-order valence-corrected chi connectivity index (χ0v) is 6.84. The van der Waals surface area contributed by atoms with Crippen molar-refractivity contribution in [2.45, 2.75) is 13.3 Å². The molecule has 3 N–H and O–H groups in total. The van der Waals surface area contributed by atoms with E-state index in [1.807, 2.05) is 6.92 Å². The largest absolute Gasteiger partial charge is 0.395 e. The molecular weight excluding hydrogens is 142 g/mol. The molecule has 0 aromatic carbocycles. The van der Waals surface area contributed by atoms with Crippen molar-refractivity contribution >= 4 is 5.84 Å². The molecule has 0 radical (unpaired) electrons. The zero-order valence-electron chi connectivity index (χ0n) is 6.84. The van der Waals surface area contributed by atoms with E-state index in [-0.39, 0.29) is 0 Å². The summed E-state index contributed by atoms with van der Waals surface area (Å²) in [6, 6.07) is 0. The summed E-state index contributed by atoms with van der Waals surface area (Å²) in [6.45, 7) is 4.14. The number of hydrogen-bond donors (Lipinski definition) is 2. The standard InChI is InChI=1S/C7H15N3O/c1-2-11-10-7-6(5-8)3-4-9-7/h6H,2-5,8H2,1H3,(H,9,10). The molecule has 0 spiro atoms. The van der Waals surface area contributed by atoms with E-state index in [4.69, 9.17) is 10.6 Å². The maximum absolute atomic E-state index is 5.52. The molecule has 1 saturated heterocycles. The lowest BCUT2D eigenvalue weighted by Gasteiger charge is -2.05. The Morgan fingerprint density at radius 3 is 3.27 bits per heavy atom. The van der Waals surface area contributed by atoms with Gasteiger partial charge >= 0.3 is 0 Å². The lowest BCUT2D eigenvalue weighted by molar-refractivity contribution is 0.156. The van der Waals surface area contributed by atoms with E-state index in [0.717, 1.165) is 18.8 Å². The van der Waals surface area contributed by atoms with Crippen LogP contribution in [0.3, 0.4) is 0 Å². The Bertz CT molecular complexity index is 147. The summed E-state index contributed by atoms with van der Waals surface area (Å²) in [5.41, 5.74) is 5.52. The van der Waals surface area contributed by atoms with Gasteiger partial charge in [-0.1, -0.05) is 5.16 Å². The summed E-state index contributed by atoms with van der Waals surface area (Å²) in [5.74, 6) is 1.29. The van der Waals surface area contributed by atoms with E-state index in [9.17, 15) is 0 Å².